The molecule has 0 unspecified atom stereocenters. The molecule has 0 bridgehead atoms. The van der Waals surface area contributed by atoms with Gasteiger partial charge in [0.25, 0.3) is 11.5 Å². The molecule has 1 aromatic heterocycles. The summed E-state index contributed by atoms with van der Waals surface area (Å²) in [6.07, 6.45) is -3.72. The van der Waals surface area contributed by atoms with Crippen LogP contribution in [0.1, 0.15) is 21.5 Å². The highest BCUT2D eigenvalue weighted by Gasteiger charge is 2.36. The summed E-state index contributed by atoms with van der Waals surface area (Å²) < 4.78 is 54.7. The SMILES string of the molecule is O=C(Nc1cccc2ncn(Cc3ccccc3F)c(=O)c12)c1cc(Cl)c(O)c(C(F)(F)F)c1. The second-order valence-electron chi connectivity index (χ2n) is 7.27. The van der Waals surface area contributed by atoms with Crippen molar-refractivity contribution in [3.63, 3.8) is 0 Å². The van der Waals surface area contributed by atoms with Gasteiger partial charge in [-0.3, -0.25) is 14.2 Å². The van der Waals surface area contributed by atoms with Gasteiger partial charge >= 0.3 is 6.18 Å². The second kappa shape index (κ2) is 8.79. The Kier molecular flexibility index (Phi) is 6.01. The molecule has 1 heterocycles. The molecule has 6 nitrogen and oxygen atoms in total. The van der Waals surface area contributed by atoms with E-state index in [2.05, 4.69) is 10.3 Å². The molecule has 4 aromatic rings. The molecule has 0 aliphatic carbocycles. The number of fused-ring (bicyclic) bond motifs is 1. The van der Waals surface area contributed by atoms with E-state index in [1.165, 1.54) is 42.7 Å². The summed E-state index contributed by atoms with van der Waals surface area (Å²) in [7, 11) is 0. The zero-order valence-electron chi connectivity index (χ0n) is 17.0. The zero-order chi connectivity index (χ0) is 24.6. The molecule has 0 radical (unpaired) electrons. The van der Waals surface area contributed by atoms with E-state index in [0.717, 1.165) is 10.6 Å². The predicted molar refractivity (Wildman–Crippen MR) is 118 cm³/mol. The minimum atomic E-state index is -4.95. The fourth-order valence-electron chi connectivity index (χ4n) is 3.37. The number of anilines is 1. The Morgan fingerprint density at radius 3 is 2.56 bits per heavy atom. The molecule has 34 heavy (non-hydrogen) atoms. The van der Waals surface area contributed by atoms with Crippen LogP contribution in [0, 0.1) is 5.82 Å². The Morgan fingerprint density at radius 1 is 1.12 bits per heavy atom. The van der Waals surface area contributed by atoms with Crippen LogP contribution in [0.25, 0.3) is 10.9 Å². The van der Waals surface area contributed by atoms with Gasteiger partial charge in [-0.1, -0.05) is 35.9 Å². The Morgan fingerprint density at radius 2 is 1.85 bits per heavy atom. The van der Waals surface area contributed by atoms with Crippen LogP contribution < -0.4 is 10.9 Å². The van der Waals surface area contributed by atoms with Crippen LogP contribution in [0.3, 0.4) is 0 Å². The first-order chi connectivity index (χ1) is 16.1. The van der Waals surface area contributed by atoms with E-state index in [1.807, 2.05) is 0 Å². The van der Waals surface area contributed by atoms with Crippen LogP contribution in [-0.2, 0) is 12.7 Å². The Bertz CT molecular complexity index is 1490. The van der Waals surface area contributed by atoms with Crippen LogP contribution in [0.15, 0.2) is 65.7 Å². The summed E-state index contributed by atoms with van der Waals surface area (Å²) in [6, 6.07) is 11.6. The molecule has 3 aromatic carbocycles. The van der Waals surface area contributed by atoms with Crippen molar-refractivity contribution in [2.75, 3.05) is 5.32 Å². The van der Waals surface area contributed by atoms with Crippen LogP contribution in [0.4, 0.5) is 23.2 Å². The molecule has 0 spiro atoms. The van der Waals surface area contributed by atoms with E-state index in [9.17, 15) is 32.3 Å². The fourth-order valence-corrected chi connectivity index (χ4v) is 3.59. The number of hydrogen-bond donors (Lipinski definition) is 2. The van der Waals surface area contributed by atoms with Gasteiger partial charge in [0.2, 0.25) is 0 Å². The van der Waals surface area contributed by atoms with Crippen LogP contribution in [0.5, 0.6) is 5.75 Å². The minimum absolute atomic E-state index is 0.0133. The zero-order valence-corrected chi connectivity index (χ0v) is 17.8. The summed E-state index contributed by atoms with van der Waals surface area (Å²) >= 11 is 5.68. The molecular formula is C23H14ClF4N3O3. The Balaban J connectivity index is 1.74. The highest BCUT2D eigenvalue weighted by atomic mass is 35.5. The number of halogens is 5. The molecule has 2 N–H and O–H groups in total. The molecule has 0 fully saturated rings. The number of nitrogens with one attached hydrogen (secondary N) is 1. The average molecular weight is 492 g/mol. The number of rotatable bonds is 4. The van der Waals surface area contributed by atoms with Gasteiger partial charge in [0, 0.05) is 11.1 Å². The first kappa shape index (κ1) is 23.2. The molecule has 0 saturated carbocycles. The Labute approximate surface area is 194 Å². The van der Waals surface area contributed by atoms with E-state index in [4.69, 9.17) is 11.6 Å². The predicted octanol–water partition coefficient (Wildman–Crippen LogP) is 5.21. The topological polar surface area (TPSA) is 84.2 Å². The minimum Gasteiger partial charge on any atom is -0.506 e. The largest absolute Gasteiger partial charge is 0.506 e. The van der Waals surface area contributed by atoms with E-state index in [-0.39, 0.29) is 28.7 Å². The lowest BCUT2D eigenvalue weighted by Gasteiger charge is -2.14. The summed E-state index contributed by atoms with van der Waals surface area (Å²) in [5.41, 5.74) is -2.11. The van der Waals surface area contributed by atoms with Gasteiger partial charge in [0.05, 0.1) is 40.0 Å². The van der Waals surface area contributed by atoms with Crippen LogP contribution >= 0.6 is 11.6 Å². The van der Waals surface area contributed by atoms with Gasteiger partial charge in [0.15, 0.2) is 0 Å². The van der Waals surface area contributed by atoms with Crippen molar-refractivity contribution in [2.45, 2.75) is 12.7 Å². The van der Waals surface area contributed by atoms with Crippen molar-refractivity contribution >= 4 is 34.1 Å². The maximum atomic E-state index is 14.0. The summed E-state index contributed by atoms with van der Waals surface area (Å²) in [6.45, 7) is -0.126. The normalized spacial score (nSPS) is 11.6. The molecule has 11 heteroatoms. The molecule has 4 rings (SSSR count). The standard InChI is InChI=1S/C23H14ClF4N3O3/c24-15-9-13(8-14(20(15)32)23(26,27)28)21(33)30-18-7-3-6-17-19(18)22(34)31(11-29-17)10-12-4-1-2-5-16(12)25/h1-9,11,32H,10H2,(H,30,33). The van der Waals surface area contributed by atoms with Gasteiger partial charge in [-0.15, -0.1) is 0 Å². The van der Waals surface area contributed by atoms with Crippen molar-refractivity contribution in [3.05, 3.63) is 98.8 Å². The second-order valence-corrected chi connectivity index (χ2v) is 7.68. The third kappa shape index (κ3) is 4.44. The third-order valence-electron chi connectivity index (χ3n) is 5.03. The number of nitrogens with zero attached hydrogens (tertiary/aromatic N) is 2. The highest BCUT2D eigenvalue weighted by molar-refractivity contribution is 6.32. The lowest BCUT2D eigenvalue weighted by atomic mass is 10.1. The first-order valence-corrected chi connectivity index (χ1v) is 10.1. The number of carbonyl (C=O) groups is 1. The molecule has 1 amide bonds. The van der Waals surface area contributed by atoms with Crippen molar-refractivity contribution < 1.29 is 27.5 Å². The number of alkyl halides is 3. The third-order valence-corrected chi connectivity index (χ3v) is 5.32. The first-order valence-electron chi connectivity index (χ1n) is 9.69. The van der Waals surface area contributed by atoms with Gasteiger partial charge in [0.1, 0.15) is 11.6 Å². The average Bonchev–Trinajstić information content (AvgIpc) is 2.78. The van der Waals surface area contributed by atoms with Crippen molar-refractivity contribution in [2.24, 2.45) is 0 Å². The smallest absolute Gasteiger partial charge is 0.420 e. The lowest BCUT2D eigenvalue weighted by Crippen LogP contribution is -2.23. The van der Waals surface area contributed by atoms with Gasteiger partial charge in [-0.05, 0) is 30.3 Å². The maximum Gasteiger partial charge on any atom is 0.420 e. The van der Waals surface area contributed by atoms with Crippen LogP contribution in [0.2, 0.25) is 5.02 Å². The molecule has 0 aliphatic heterocycles. The van der Waals surface area contributed by atoms with Crippen molar-refractivity contribution in [1.82, 2.24) is 9.55 Å². The van der Waals surface area contributed by atoms with E-state index >= 15 is 0 Å². The van der Waals surface area contributed by atoms with E-state index in [1.54, 1.807) is 6.07 Å². The van der Waals surface area contributed by atoms with Gasteiger partial charge in [-0.2, -0.15) is 13.2 Å². The van der Waals surface area contributed by atoms with Crippen LogP contribution in [-0.4, -0.2) is 20.6 Å². The summed E-state index contributed by atoms with van der Waals surface area (Å²) in [4.78, 5) is 30.0. The summed E-state index contributed by atoms with van der Waals surface area (Å²) in [5.74, 6) is -2.71. The number of phenolic OH excluding ortho intramolecular Hbond substituents is 1. The number of carbonyl (C=O) groups excluding carboxylic acids is 1. The number of aromatic nitrogens is 2. The van der Waals surface area contributed by atoms with E-state index < -0.39 is 45.4 Å². The molecule has 0 saturated heterocycles. The number of aromatic hydroxyl groups is 1. The quantitative estimate of drug-likeness (QED) is 0.384. The molecule has 0 atom stereocenters. The lowest BCUT2D eigenvalue weighted by molar-refractivity contribution is -0.138. The summed E-state index contributed by atoms with van der Waals surface area (Å²) in [5, 5.41) is 11.3. The molecule has 174 valence electrons. The Hall–Kier alpha value is -3.92. The van der Waals surface area contributed by atoms with Crippen molar-refractivity contribution in [3.8, 4) is 5.75 Å². The molecule has 0 aliphatic rings. The number of benzene rings is 3. The number of hydrogen-bond acceptors (Lipinski definition) is 4. The number of amides is 1. The highest BCUT2D eigenvalue weighted by Crippen LogP contribution is 2.40. The molecular weight excluding hydrogens is 478 g/mol. The van der Waals surface area contributed by atoms with Gasteiger partial charge in [-0.25, -0.2) is 9.37 Å². The fraction of sp³-hybridized carbons (Fsp3) is 0.0870. The van der Waals surface area contributed by atoms with Gasteiger partial charge < -0.3 is 10.4 Å². The van der Waals surface area contributed by atoms with Crippen molar-refractivity contribution in [1.29, 1.82) is 0 Å². The monoisotopic (exact) mass is 491 g/mol. The van der Waals surface area contributed by atoms with E-state index in [0.29, 0.717) is 6.07 Å². The number of phenols is 1. The maximum absolute atomic E-state index is 14.0.